The highest BCUT2D eigenvalue weighted by molar-refractivity contribution is 5.92. The smallest absolute Gasteiger partial charge is 0.408 e. The number of benzene rings is 1. The van der Waals surface area contributed by atoms with E-state index in [1.165, 1.54) is 4.90 Å². The number of carbonyl (C=O) groups is 5. The van der Waals surface area contributed by atoms with Gasteiger partial charge in [0.25, 0.3) is 0 Å². The first-order valence-electron chi connectivity index (χ1n) is 12.4. The van der Waals surface area contributed by atoms with Crippen LogP contribution in [0.2, 0.25) is 0 Å². The molecule has 2 unspecified atom stereocenters. The van der Waals surface area contributed by atoms with Gasteiger partial charge in [-0.25, -0.2) is 4.79 Å². The van der Waals surface area contributed by atoms with E-state index in [2.05, 4.69) is 10.6 Å². The molecule has 1 aromatic rings. The minimum Gasteiger partial charge on any atom is -0.466 e. The maximum atomic E-state index is 13.7. The van der Waals surface area contributed by atoms with E-state index < -0.39 is 47.5 Å². The van der Waals surface area contributed by atoms with Gasteiger partial charge in [0.1, 0.15) is 17.7 Å². The number of primary amides is 1. The van der Waals surface area contributed by atoms with Crippen molar-refractivity contribution in [2.75, 3.05) is 19.7 Å². The molecule has 0 saturated carbocycles. The van der Waals surface area contributed by atoms with E-state index in [1.54, 1.807) is 46.8 Å². The second-order valence-corrected chi connectivity index (χ2v) is 9.43. The SMILES string of the molecule is CCOC(=O)CCNC(=O)C(c1ccccc1C)N(CC)C(=O)C(CCC(N)=O)NC(=O)OC(C)(C)C. The van der Waals surface area contributed by atoms with Gasteiger partial charge in [0.15, 0.2) is 0 Å². The zero-order valence-corrected chi connectivity index (χ0v) is 22.6. The highest BCUT2D eigenvalue weighted by Gasteiger charge is 2.36. The number of aryl methyl sites for hydroxylation is 1. The molecule has 4 N–H and O–H groups in total. The summed E-state index contributed by atoms with van der Waals surface area (Å²) >= 11 is 0. The Labute approximate surface area is 218 Å². The molecule has 0 aliphatic carbocycles. The first-order valence-corrected chi connectivity index (χ1v) is 12.4. The summed E-state index contributed by atoms with van der Waals surface area (Å²) in [5.74, 6) is -2.17. The number of nitrogens with two attached hydrogens (primary N) is 1. The number of carbonyl (C=O) groups excluding carboxylic acids is 5. The fourth-order valence-corrected chi connectivity index (χ4v) is 3.62. The Morgan fingerprint density at radius 1 is 1.05 bits per heavy atom. The summed E-state index contributed by atoms with van der Waals surface area (Å²) in [5.41, 5.74) is 5.83. The average molecular weight is 521 g/mol. The van der Waals surface area contributed by atoms with Crippen LogP contribution in [0.4, 0.5) is 4.79 Å². The quantitative estimate of drug-likeness (QED) is 0.336. The van der Waals surface area contributed by atoms with Crippen molar-refractivity contribution >= 4 is 29.8 Å². The zero-order valence-electron chi connectivity index (χ0n) is 22.6. The van der Waals surface area contributed by atoms with Crippen LogP contribution in [0, 0.1) is 6.92 Å². The molecule has 0 aliphatic rings. The topological polar surface area (TPSA) is 157 Å². The van der Waals surface area contributed by atoms with Gasteiger partial charge in [0.2, 0.25) is 17.7 Å². The molecule has 206 valence electrons. The highest BCUT2D eigenvalue weighted by atomic mass is 16.6. The summed E-state index contributed by atoms with van der Waals surface area (Å²) in [4.78, 5) is 64.1. The lowest BCUT2D eigenvalue weighted by Crippen LogP contribution is -2.53. The number of esters is 1. The number of hydrogen-bond donors (Lipinski definition) is 3. The van der Waals surface area contributed by atoms with Gasteiger partial charge in [-0.1, -0.05) is 24.3 Å². The van der Waals surface area contributed by atoms with Crippen LogP contribution in [0.15, 0.2) is 24.3 Å². The monoisotopic (exact) mass is 520 g/mol. The van der Waals surface area contributed by atoms with Gasteiger partial charge in [-0.15, -0.1) is 0 Å². The number of rotatable bonds is 13. The molecule has 1 aromatic carbocycles. The molecule has 4 amide bonds. The summed E-state index contributed by atoms with van der Waals surface area (Å²) in [6.07, 6.45) is -1.10. The number of alkyl carbamates (subject to hydrolysis) is 1. The lowest BCUT2D eigenvalue weighted by atomic mass is 9.97. The van der Waals surface area contributed by atoms with Crippen molar-refractivity contribution in [3.8, 4) is 0 Å². The number of ether oxygens (including phenoxy) is 2. The number of hydrogen-bond acceptors (Lipinski definition) is 7. The Morgan fingerprint density at radius 3 is 2.24 bits per heavy atom. The molecule has 37 heavy (non-hydrogen) atoms. The lowest BCUT2D eigenvalue weighted by Gasteiger charge is -2.34. The molecule has 0 heterocycles. The third kappa shape index (κ3) is 10.9. The molecular weight excluding hydrogens is 480 g/mol. The molecular formula is C26H40N4O7. The minimum atomic E-state index is -1.17. The molecule has 0 saturated heterocycles. The van der Waals surface area contributed by atoms with E-state index in [1.807, 2.05) is 19.1 Å². The summed E-state index contributed by atoms with van der Waals surface area (Å²) in [6.45, 7) is 10.6. The van der Waals surface area contributed by atoms with Crippen molar-refractivity contribution in [3.63, 3.8) is 0 Å². The third-order valence-electron chi connectivity index (χ3n) is 5.27. The highest BCUT2D eigenvalue weighted by Crippen LogP contribution is 2.26. The van der Waals surface area contributed by atoms with E-state index >= 15 is 0 Å². The standard InChI is InChI=1S/C26H40N4O7/c1-7-30(24(34)19(13-14-20(27)31)29-25(35)37-26(4,5)6)22(18-12-10-9-11-17(18)3)23(33)28-16-15-21(32)36-8-2/h9-12,19,22H,7-8,13-16H2,1-6H3,(H2,27,31)(H,28,33)(H,29,35). The Hall–Kier alpha value is -3.63. The number of likely N-dealkylation sites (N-methyl/N-ethyl adjacent to an activating group) is 1. The van der Waals surface area contributed by atoms with Gasteiger partial charge in [0, 0.05) is 19.5 Å². The molecule has 11 heteroatoms. The van der Waals surface area contributed by atoms with E-state index in [0.717, 1.165) is 5.56 Å². The molecule has 0 fully saturated rings. The molecule has 0 spiro atoms. The molecule has 0 aliphatic heterocycles. The fourth-order valence-electron chi connectivity index (χ4n) is 3.62. The molecule has 2 atom stereocenters. The van der Waals surface area contributed by atoms with Crippen LogP contribution in [0.5, 0.6) is 0 Å². The van der Waals surface area contributed by atoms with Crippen LogP contribution in [0.3, 0.4) is 0 Å². The predicted molar refractivity (Wildman–Crippen MR) is 137 cm³/mol. The second kappa shape index (κ2) is 14.8. The maximum absolute atomic E-state index is 13.7. The summed E-state index contributed by atoms with van der Waals surface area (Å²) in [7, 11) is 0. The Bertz CT molecular complexity index is 958. The van der Waals surface area contributed by atoms with Gasteiger partial charge < -0.3 is 30.7 Å². The van der Waals surface area contributed by atoms with Crippen molar-refractivity contribution < 1.29 is 33.4 Å². The van der Waals surface area contributed by atoms with Crippen molar-refractivity contribution in [1.29, 1.82) is 0 Å². The lowest BCUT2D eigenvalue weighted by molar-refractivity contribution is -0.144. The normalized spacial score (nSPS) is 12.6. The van der Waals surface area contributed by atoms with E-state index in [4.69, 9.17) is 15.2 Å². The molecule has 0 aromatic heterocycles. The third-order valence-corrected chi connectivity index (χ3v) is 5.27. The Balaban J connectivity index is 3.30. The maximum Gasteiger partial charge on any atom is 0.408 e. The largest absolute Gasteiger partial charge is 0.466 e. The van der Waals surface area contributed by atoms with Gasteiger partial charge in [0.05, 0.1) is 13.0 Å². The van der Waals surface area contributed by atoms with Crippen LogP contribution in [0.1, 0.15) is 71.0 Å². The van der Waals surface area contributed by atoms with Crippen LogP contribution in [-0.4, -0.2) is 66.0 Å². The van der Waals surface area contributed by atoms with Gasteiger partial charge in [-0.05, 0) is 59.1 Å². The average Bonchev–Trinajstić information content (AvgIpc) is 2.79. The molecule has 11 nitrogen and oxygen atoms in total. The number of nitrogens with zero attached hydrogens (tertiary/aromatic N) is 1. The minimum absolute atomic E-state index is 0.0209. The van der Waals surface area contributed by atoms with Crippen molar-refractivity contribution in [3.05, 3.63) is 35.4 Å². The van der Waals surface area contributed by atoms with Gasteiger partial charge in [-0.2, -0.15) is 0 Å². The predicted octanol–water partition coefficient (Wildman–Crippen LogP) is 2.11. The Kier molecular flexibility index (Phi) is 12.6. The summed E-state index contributed by atoms with van der Waals surface area (Å²) in [6, 6.07) is 4.89. The molecule has 0 bridgehead atoms. The fraction of sp³-hybridized carbons (Fsp3) is 0.577. The van der Waals surface area contributed by atoms with Crippen molar-refractivity contribution in [2.24, 2.45) is 5.73 Å². The molecule has 0 radical (unpaired) electrons. The number of amides is 4. The van der Waals surface area contributed by atoms with Crippen LogP contribution in [0.25, 0.3) is 0 Å². The van der Waals surface area contributed by atoms with E-state index in [-0.39, 0.29) is 39.0 Å². The zero-order chi connectivity index (χ0) is 28.2. The second-order valence-electron chi connectivity index (χ2n) is 9.43. The van der Waals surface area contributed by atoms with Crippen LogP contribution < -0.4 is 16.4 Å². The van der Waals surface area contributed by atoms with E-state index in [0.29, 0.717) is 5.56 Å². The van der Waals surface area contributed by atoms with Crippen molar-refractivity contribution in [1.82, 2.24) is 15.5 Å². The van der Waals surface area contributed by atoms with Crippen LogP contribution >= 0.6 is 0 Å². The summed E-state index contributed by atoms with van der Waals surface area (Å²) in [5, 5.41) is 5.23. The first kappa shape index (κ1) is 31.4. The van der Waals surface area contributed by atoms with Crippen molar-refractivity contribution in [2.45, 2.75) is 78.5 Å². The van der Waals surface area contributed by atoms with Gasteiger partial charge in [-0.3, -0.25) is 19.2 Å². The molecule has 1 rings (SSSR count). The number of nitrogens with one attached hydrogen (secondary N) is 2. The van der Waals surface area contributed by atoms with E-state index in [9.17, 15) is 24.0 Å². The Morgan fingerprint density at radius 2 is 1.70 bits per heavy atom. The van der Waals surface area contributed by atoms with Gasteiger partial charge >= 0.3 is 12.1 Å². The van der Waals surface area contributed by atoms with Crippen LogP contribution in [-0.2, 0) is 28.7 Å². The first-order chi connectivity index (χ1) is 17.3. The summed E-state index contributed by atoms with van der Waals surface area (Å²) < 4.78 is 10.2.